The van der Waals surface area contributed by atoms with E-state index in [0.29, 0.717) is 45.7 Å². The van der Waals surface area contributed by atoms with Gasteiger partial charge in [0.2, 0.25) is 0 Å². The van der Waals surface area contributed by atoms with Gasteiger partial charge in [-0.2, -0.15) is 28.4 Å². The molecule has 2 amide bonds. The standard InChI is InChI=1S/C45H43F5N8O9.C5H11N.C2H3N.C2H6/c1-20-10-29(51)38(47)36(37(20)45(48,49)50)35-15-31-27(19-66-35)40(55-43(53-31)65-5)56-6-8-57(9-7-56)41(61)21(2)22(3)67-44(63)54-32-12-23-11-24-16-58-33(39(24)52-30(23)14-28(32)46)13-25(34(60)17-59)26(18-64-4)42(58)62;1-6-4-2-3-5-6;1-2-3;1-2/h10-14,17,22,34-35,60H,2,6-9,15-16,18-19,51H2,1,3-5H3,(H,54,63);2-5H2,1H3;1H3;1-2H3. The number of benzene rings is 2. The first-order valence-corrected chi connectivity index (χ1v) is 25.1. The molecule has 78 heavy (non-hydrogen) atoms. The molecule has 0 radical (unpaired) electrons. The van der Waals surface area contributed by atoms with Gasteiger partial charge in [-0.1, -0.05) is 20.4 Å². The Kier molecular flexibility index (Phi) is 19.7. The van der Waals surface area contributed by atoms with Crippen LogP contribution in [0.15, 0.2) is 47.3 Å². The van der Waals surface area contributed by atoms with E-state index < -0.39 is 70.5 Å². The number of nitrogens with one attached hydrogen (secondary N) is 1. The zero-order chi connectivity index (χ0) is 57.3. The van der Waals surface area contributed by atoms with Crippen LogP contribution >= 0.6 is 0 Å². The number of hydrogen-bond donors (Lipinski definition) is 3. The molecule has 4 aliphatic rings. The van der Waals surface area contributed by atoms with Crippen molar-refractivity contribution in [3.05, 3.63) is 109 Å². The van der Waals surface area contributed by atoms with Crippen LogP contribution in [0, 0.1) is 29.9 Å². The molecule has 418 valence electrons. The van der Waals surface area contributed by atoms with Crippen LogP contribution in [0.2, 0.25) is 0 Å². The topological polar surface area (TPSA) is 241 Å². The number of fused-ring (bicyclic) bond motifs is 5. The van der Waals surface area contributed by atoms with E-state index in [1.807, 2.05) is 18.7 Å². The van der Waals surface area contributed by atoms with Gasteiger partial charge in [-0.25, -0.2) is 18.6 Å². The molecule has 4 aliphatic heterocycles. The van der Waals surface area contributed by atoms with Crippen LogP contribution in [-0.4, -0.2) is 119 Å². The van der Waals surface area contributed by atoms with Crippen molar-refractivity contribution in [2.45, 2.75) is 98.1 Å². The number of carbonyl (C=O) groups excluding carboxylic acids is 3. The fourth-order valence-corrected chi connectivity index (χ4v) is 9.57. The van der Waals surface area contributed by atoms with Gasteiger partial charge in [-0.05, 0) is 76.7 Å². The van der Waals surface area contributed by atoms with Crippen LogP contribution in [-0.2, 0) is 56.2 Å². The lowest BCUT2D eigenvalue weighted by molar-refractivity contribution is -0.140. The molecule has 2 aromatic carbocycles. The van der Waals surface area contributed by atoms with E-state index >= 15 is 8.78 Å². The molecule has 7 heterocycles. The third kappa shape index (κ3) is 12.9. The first-order chi connectivity index (χ1) is 37.1. The third-order valence-electron chi connectivity index (χ3n) is 13.4. The van der Waals surface area contributed by atoms with Crippen molar-refractivity contribution < 1.29 is 60.4 Å². The molecule has 24 heteroatoms. The Balaban J connectivity index is 0.000000812. The number of nitrogens with zero attached hydrogens (tertiary/aromatic N) is 8. The molecule has 5 aromatic rings. The molecule has 2 fully saturated rings. The number of aliphatic hydroxyl groups excluding tert-OH is 1. The molecule has 0 saturated carbocycles. The van der Waals surface area contributed by atoms with Gasteiger partial charge in [0.25, 0.3) is 11.5 Å². The van der Waals surface area contributed by atoms with Gasteiger partial charge >= 0.3 is 18.3 Å². The van der Waals surface area contributed by atoms with Crippen molar-refractivity contribution in [2.75, 3.05) is 76.5 Å². The number of aromatic nitrogens is 4. The number of rotatable bonds is 11. The van der Waals surface area contributed by atoms with Gasteiger partial charge in [0.1, 0.15) is 23.8 Å². The predicted octanol–water partition coefficient (Wildman–Crippen LogP) is 7.71. The number of aldehydes is 1. The van der Waals surface area contributed by atoms with E-state index in [0.717, 1.165) is 12.1 Å². The summed E-state index contributed by atoms with van der Waals surface area (Å²) in [7, 11) is 4.87. The Labute approximate surface area is 447 Å². The number of amides is 2. The first-order valence-electron chi connectivity index (χ1n) is 25.1. The lowest BCUT2D eigenvalue weighted by Gasteiger charge is -2.38. The van der Waals surface area contributed by atoms with E-state index in [1.165, 1.54) is 82.5 Å². The van der Waals surface area contributed by atoms with E-state index in [1.54, 1.807) is 12.1 Å². The van der Waals surface area contributed by atoms with Gasteiger partial charge in [-0.3, -0.25) is 14.9 Å². The zero-order valence-corrected chi connectivity index (χ0v) is 44.6. The number of hydrogen-bond acceptors (Lipinski definition) is 16. The predicted molar refractivity (Wildman–Crippen MR) is 279 cm³/mol. The number of ether oxygens (including phenoxy) is 4. The SMILES string of the molecule is C=C(C(=O)N1CCN(c2nc(OC)nc3c2COC(c2c(F)c(N)cc(C)c2C(F)(F)F)C3)CC1)C(C)OC(=O)Nc1cc2cc3c(nc2cc1F)-c1cc(C(O)C=O)c(COC)c(=O)n1C3.CC.CC#N.CN1CCCC1. The molecule has 0 spiro atoms. The molecule has 19 nitrogen and oxygen atoms in total. The first kappa shape index (κ1) is 59.7. The second-order valence-corrected chi connectivity index (χ2v) is 18.4. The van der Waals surface area contributed by atoms with Crippen molar-refractivity contribution in [2.24, 2.45) is 0 Å². The van der Waals surface area contributed by atoms with Crippen LogP contribution in [0.5, 0.6) is 6.01 Å². The maximum atomic E-state index is 15.5. The summed E-state index contributed by atoms with van der Waals surface area (Å²) in [5, 5.41) is 20.4. The zero-order valence-electron chi connectivity index (χ0n) is 44.6. The number of nitrogen functional groups attached to an aromatic ring is 1. The summed E-state index contributed by atoms with van der Waals surface area (Å²) in [6.07, 6.45) is -7.20. The van der Waals surface area contributed by atoms with Crippen LogP contribution in [0.4, 0.5) is 43.9 Å². The highest BCUT2D eigenvalue weighted by atomic mass is 19.4. The lowest BCUT2D eigenvalue weighted by Crippen LogP contribution is -2.50. The Morgan fingerprint density at radius 2 is 1.72 bits per heavy atom. The Bertz CT molecular complexity index is 3170. The molecule has 3 aromatic heterocycles. The summed E-state index contributed by atoms with van der Waals surface area (Å²) in [5.74, 6) is -2.25. The molecule has 3 unspecified atom stereocenters. The van der Waals surface area contributed by atoms with Crippen molar-refractivity contribution in [1.29, 1.82) is 5.26 Å². The minimum Gasteiger partial charge on any atom is -0.467 e. The number of methoxy groups -OCH3 is 2. The van der Waals surface area contributed by atoms with Crippen molar-refractivity contribution in [3.63, 3.8) is 0 Å². The molecule has 0 aliphatic carbocycles. The number of nitriles is 1. The number of halogens is 5. The summed E-state index contributed by atoms with van der Waals surface area (Å²) >= 11 is 0. The highest BCUT2D eigenvalue weighted by Gasteiger charge is 2.42. The minimum atomic E-state index is -4.89. The van der Waals surface area contributed by atoms with Crippen LogP contribution < -0.4 is 26.2 Å². The number of piperazine rings is 1. The van der Waals surface area contributed by atoms with E-state index in [4.69, 9.17) is 29.9 Å². The highest BCUT2D eigenvalue weighted by Crippen LogP contribution is 2.45. The maximum Gasteiger partial charge on any atom is 0.417 e. The number of nitrogens with two attached hydrogens (primary N) is 1. The number of alkyl halides is 3. The number of carbonyl (C=O) groups is 3. The molecule has 2 saturated heterocycles. The average molecular weight is 1090 g/mol. The Morgan fingerprint density at radius 3 is 2.31 bits per heavy atom. The van der Waals surface area contributed by atoms with Gasteiger partial charge < -0.3 is 53.8 Å². The number of likely N-dealkylation sites (tertiary alicyclic amines) is 1. The molecule has 0 bridgehead atoms. The minimum absolute atomic E-state index is 0.0719. The normalized spacial score (nSPS) is 16.3. The van der Waals surface area contributed by atoms with Crippen LogP contribution in [0.1, 0.15) is 97.4 Å². The number of anilines is 3. The number of pyridine rings is 2. The van der Waals surface area contributed by atoms with Gasteiger partial charge in [0.05, 0.1) is 84.2 Å². The summed E-state index contributed by atoms with van der Waals surface area (Å²) in [6, 6.07) is 8.19. The van der Waals surface area contributed by atoms with E-state index in [9.17, 15) is 37.5 Å². The Morgan fingerprint density at radius 1 is 1.05 bits per heavy atom. The maximum absolute atomic E-state index is 15.5. The molecule has 4 N–H and O–H groups in total. The fourth-order valence-electron chi connectivity index (χ4n) is 9.57. The number of aliphatic hydroxyl groups is 1. The molecular formula is C54H63F5N10O9. The average Bonchev–Trinajstić information content (AvgIpc) is 4.25. The third-order valence-corrected chi connectivity index (χ3v) is 13.4. The second kappa shape index (κ2) is 25.7. The van der Waals surface area contributed by atoms with Crippen LogP contribution in [0.3, 0.4) is 0 Å². The highest BCUT2D eigenvalue weighted by molar-refractivity contribution is 5.95. The summed E-state index contributed by atoms with van der Waals surface area (Å²) < 4.78 is 96.5. The fraction of sp³-hybridized carbons (Fsp3) is 0.444. The molecule has 3 atom stereocenters. The molecule has 9 rings (SSSR count). The second-order valence-electron chi connectivity index (χ2n) is 18.4. The number of aryl methyl sites for hydroxylation is 1. The smallest absolute Gasteiger partial charge is 0.417 e. The summed E-state index contributed by atoms with van der Waals surface area (Å²) in [6.45, 7) is 15.0. The van der Waals surface area contributed by atoms with Crippen molar-refractivity contribution >= 4 is 46.4 Å². The van der Waals surface area contributed by atoms with Crippen molar-refractivity contribution in [1.82, 2.24) is 29.3 Å². The molecular weight excluding hydrogens is 1030 g/mol. The van der Waals surface area contributed by atoms with Crippen LogP contribution in [0.25, 0.3) is 22.3 Å². The summed E-state index contributed by atoms with van der Waals surface area (Å²) in [4.78, 5) is 70.6. The largest absolute Gasteiger partial charge is 0.467 e. The van der Waals surface area contributed by atoms with Gasteiger partial charge in [-0.15, -0.1) is 0 Å². The van der Waals surface area contributed by atoms with E-state index in [2.05, 4.69) is 38.8 Å². The Hall–Kier alpha value is -7.59. The van der Waals surface area contributed by atoms with E-state index in [-0.39, 0.29) is 91.8 Å². The summed E-state index contributed by atoms with van der Waals surface area (Å²) in [5.41, 5.74) is 4.73. The van der Waals surface area contributed by atoms with Gasteiger partial charge in [0.15, 0.2) is 12.1 Å². The lowest BCUT2D eigenvalue weighted by atomic mass is 9.91. The quantitative estimate of drug-likeness (QED) is 0.0487. The van der Waals surface area contributed by atoms with Crippen molar-refractivity contribution in [3.8, 4) is 23.5 Å². The van der Waals surface area contributed by atoms with Gasteiger partial charge in [0, 0.05) is 85.9 Å². The monoisotopic (exact) mass is 1090 g/mol.